The number of aliphatic hydroxyl groups is 2. The molecular weight excluding hydrogens is 947 g/mol. The molecule has 2 atom stereocenters. The molecule has 0 radical (unpaired) electrons. The zero-order valence-corrected chi connectivity index (χ0v) is 37.7. The van der Waals surface area contributed by atoms with Gasteiger partial charge < -0.3 is 25.3 Å². The van der Waals surface area contributed by atoms with E-state index < -0.39 is 46.2 Å². The maximum Gasteiger partial charge on any atom is 0.425 e. The summed E-state index contributed by atoms with van der Waals surface area (Å²) in [5.74, 6) is -0.833. The summed E-state index contributed by atoms with van der Waals surface area (Å²) in [7, 11) is 0. The minimum Gasteiger partial charge on any atom is -0.481 e. The molecule has 0 aliphatic heterocycles. The van der Waals surface area contributed by atoms with Crippen LogP contribution in [-0.2, 0) is 35.5 Å². The van der Waals surface area contributed by atoms with E-state index in [1.807, 2.05) is 36.4 Å². The molecule has 5 N–H and O–H groups in total. The molecule has 8 aromatic heterocycles. The molecule has 66 heavy (non-hydrogen) atoms. The van der Waals surface area contributed by atoms with Crippen molar-refractivity contribution in [3.8, 4) is 11.4 Å². The standard InChI is InChI=1S/C21H13ClF3N5O.C21H14F3N5O.C2H4O2.Zn/c22-17-14-9-29-30(12-5-2-1-3-6-12)19(14)28-11-16(17)20(31,21(23,24)25)15-10-27-18-13(15)7-4-8-26-18;22-21(23,24)20(30,17-12-26-18-16(17)7-4-8-25-18)14-9-13-10-28-29(19(13)27-11-14)15-5-2-1-3-6-15;1-2(3)4;/h1-11,31H,(H,26,27);1-12,30H,(H,25,26);1H3,(H,3,4);. The molecule has 10 aromatic rings. The van der Waals surface area contributed by atoms with Crippen molar-refractivity contribution in [2.45, 2.75) is 30.5 Å². The van der Waals surface area contributed by atoms with Gasteiger partial charge in [-0.15, -0.1) is 0 Å². The van der Waals surface area contributed by atoms with Gasteiger partial charge in [0.05, 0.1) is 34.2 Å². The molecule has 0 bridgehead atoms. The van der Waals surface area contributed by atoms with Gasteiger partial charge in [0.1, 0.15) is 11.3 Å². The number of fused-ring (bicyclic) bond motifs is 4. The maximum absolute atomic E-state index is 14.3. The first-order chi connectivity index (χ1) is 30.9. The Kier molecular flexibility index (Phi) is 12.9. The van der Waals surface area contributed by atoms with E-state index in [1.165, 1.54) is 64.5 Å². The van der Waals surface area contributed by atoms with Crippen molar-refractivity contribution in [3.63, 3.8) is 0 Å². The first-order valence-corrected chi connectivity index (χ1v) is 19.4. The quantitative estimate of drug-likeness (QED) is 0.0793. The van der Waals surface area contributed by atoms with Gasteiger partial charge in [0.25, 0.3) is 5.97 Å². The number of nitrogens with zero attached hydrogens (tertiary/aromatic N) is 8. The van der Waals surface area contributed by atoms with E-state index in [0.29, 0.717) is 16.7 Å². The molecule has 0 spiro atoms. The van der Waals surface area contributed by atoms with Crippen molar-refractivity contribution in [2.75, 3.05) is 0 Å². The first-order valence-electron chi connectivity index (χ1n) is 19.1. The molecule has 10 rings (SSSR count). The zero-order chi connectivity index (χ0) is 46.3. The molecule has 332 valence electrons. The second-order valence-electron chi connectivity index (χ2n) is 14.3. The number of hydrogen-bond acceptors (Lipinski definition) is 9. The number of aromatic amines is 2. The van der Waals surface area contributed by atoms with Crippen molar-refractivity contribution >= 4 is 61.7 Å². The Labute approximate surface area is 385 Å². The van der Waals surface area contributed by atoms with Gasteiger partial charge in [0.2, 0.25) is 11.2 Å². The number of carbonyl (C=O) groups is 1. The van der Waals surface area contributed by atoms with Gasteiger partial charge in [0.15, 0.2) is 11.3 Å². The molecule has 14 nitrogen and oxygen atoms in total. The van der Waals surface area contributed by atoms with Crippen molar-refractivity contribution in [2.24, 2.45) is 0 Å². The fourth-order valence-corrected chi connectivity index (χ4v) is 7.59. The Hall–Kier alpha value is -7.06. The third kappa shape index (κ3) is 8.25. The van der Waals surface area contributed by atoms with Gasteiger partial charge in [0, 0.05) is 102 Å². The summed E-state index contributed by atoms with van der Waals surface area (Å²) in [6, 6.07) is 25.3. The van der Waals surface area contributed by atoms with Crippen molar-refractivity contribution in [3.05, 3.63) is 168 Å². The van der Waals surface area contributed by atoms with E-state index in [0.717, 1.165) is 37.4 Å². The largest absolute Gasteiger partial charge is 0.481 e. The number of benzene rings is 2. The smallest absolute Gasteiger partial charge is 0.425 e. The molecule has 0 fully saturated rings. The third-order valence-electron chi connectivity index (χ3n) is 10.3. The Morgan fingerprint density at radius 1 is 0.606 bits per heavy atom. The molecule has 0 amide bonds. The van der Waals surface area contributed by atoms with Crippen LogP contribution in [0.5, 0.6) is 0 Å². The summed E-state index contributed by atoms with van der Waals surface area (Å²) in [6.45, 7) is 1.08. The number of rotatable bonds is 6. The first kappa shape index (κ1) is 46.9. The molecule has 0 saturated heterocycles. The maximum atomic E-state index is 14.3. The SMILES string of the molecule is CC(=O)O.OC(c1cnc2c(cnn2-c2ccccc2)c1)(c1c[nH]c2ncccc12)C(F)(F)F.OC(c1cnc2c(cnn2-c2ccccc2)c1Cl)(c1c[nH]c2ncccc12)C(F)(F)F.[Zn]. The van der Waals surface area contributed by atoms with Crippen LogP contribution in [0, 0.1) is 0 Å². The molecular formula is C44H31ClF6N10O4Zn. The number of H-pyrrole nitrogens is 2. The average Bonchev–Trinajstić information content (AvgIpc) is 4.11. The van der Waals surface area contributed by atoms with Crippen LogP contribution in [0.4, 0.5) is 26.3 Å². The van der Waals surface area contributed by atoms with Crippen LogP contribution in [0.3, 0.4) is 0 Å². The van der Waals surface area contributed by atoms with Crippen LogP contribution in [0.25, 0.3) is 55.5 Å². The number of pyridine rings is 4. The fourth-order valence-electron chi connectivity index (χ4n) is 7.27. The minimum absolute atomic E-state index is 0. The van der Waals surface area contributed by atoms with Gasteiger partial charge >= 0.3 is 12.4 Å². The third-order valence-corrected chi connectivity index (χ3v) is 10.7. The van der Waals surface area contributed by atoms with Crippen LogP contribution in [0.2, 0.25) is 5.02 Å². The number of halogens is 7. The monoisotopic (exact) mass is 976 g/mol. The molecule has 22 heteroatoms. The molecule has 2 aromatic carbocycles. The number of aliphatic carboxylic acids is 1. The number of nitrogens with one attached hydrogen (secondary N) is 2. The summed E-state index contributed by atoms with van der Waals surface area (Å²) in [4.78, 5) is 30.8. The van der Waals surface area contributed by atoms with Gasteiger partial charge in [-0.05, 0) is 54.6 Å². The number of carboxylic acid groups (broad SMARTS) is 1. The second kappa shape index (κ2) is 18.1. The Bertz CT molecular complexity index is 3320. The average molecular weight is 979 g/mol. The van der Waals surface area contributed by atoms with Gasteiger partial charge in [-0.1, -0.05) is 48.0 Å². The van der Waals surface area contributed by atoms with Crippen LogP contribution >= 0.6 is 11.6 Å². The van der Waals surface area contributed by atoms with E-state index in [2.05, 4.69) is 40.1 Å². The van der Waals surface area contributed by atoms with Crippen LogP contribution in [0.1, 0.15) is 29.2 Å². The second-order valence-corrected chi connectivity index (χ2v) is 14.7. The van der Waals surface area contributed by atoms with Gasteiger partial charge in [-0.2, -0.15) is 36.5 Å². The van der Waals surface area contributed by atoms with Crippen molar-refractivity contribution in [1.29, 1.82) is 0 Å². The van der Waals surface area contributed by atoms with Gasteiger partial charge in [-0.3, -0.25) is 4.79 Å². The Balaban J connectivity index is 0.000000179. The number of aromatic nitrogens is 10. The zero-order valence-electron chi connectivity index (χ0n) is 34.0. The molecule has 8 heterocycles. The van der Waals surface area contributed by atoms with Crippen LogP contribution < -0.4 is 0 Å². The summed E-state index contributed by atoms with van der Waals surface area (Å²) in [5.41, 5.74) is -5.93. The number of alkyl halides is 6. The topological polar surface area (TPSA) is 197 Å². The van der Waals surface area contributed by atoms with Gasteiger partial charge in [-0.25, -0.2) is 29.3 Å². The number of para-hydroxylation sites is 2. The Morgan fingerprint density at radius 3 is 1.59 bits per heavy atom. The Morgan fingerprint density at radius 2 is 1.08 bits per heavy atom. The molecule has 0 aliphatic rings. The van der Waals surface area contributed by atoms with E-state index in [9.17, 15) is 36.6 Å². The molecule has 2 unspecified atom stereocenters. The van der Waals surface area contributed by atoms with E-state index in [4.69, 9.17) is 21.5 Å². The summed E-state index contributed by atoms with van der Waals surface area (Å²) >= 11 is 6.42. The van der Waals surface area contributed by atoms with E-state index >= 15 is 0 Å². The summed E-state index contributed by atoms with van der Waals surface area (Å²) < 4.78 is 88.7. The summed E-state index contributed by atoms with van der Waals surface area (Å²) in [6.07, 6.45) is -0.257. The predicted octanol–water partition coefficient (Wildman–Crippen LogP) is 8.93. The molecule has 0 aliphatic carbocycles. The minimum atomic E-state index is -5.09. The normalized spacial score (nSPS) is 13.5. The van der Waals surface area contributed by atoms with Crippen molar-refractivity contribution < 1.29 is 65.9 Å². The number of hydrogen-bond donors (Lipinski definition) is 5. The summed E-state index contributed by atoms with van der Waals surface area (Å²) in [5, 5.41) is 38.6. The predicted molar refractivity (Wildman–Crippen MR) is 226 cm³/mol. The van der Waals surface area contributed by atoms with E-state index in [-0.39, 0.29) is 63.2 Å². The van der Waals surface area contributed by atoms with Crippen molar-refractivity contribution in [1.82, 2.24) is 49.5 Å². The van der Waals surface area contributed by atoms with Crippen LogP contribution in [0.15, 0.2) is 141 Å². The number of carboxylic acids is 1. The molecule has 0 saturated carbocycles. The van der Waals surface area contributed by atoms with E-state index in [1.54, 1.807) is 24.3 Å². The fraction of sp³-hybridized carbons (Fsp3) is 0.114. The van der Waals surface area contributed by atoms with Crippen LogP contribution in [-0.4, -0.2) is 83.1 Å².